The molecule has 6 aliphatic heterocycles. The number of alkyl halides is 2. The predicted molar refractivity (Wildman–Crippen MR) is 450 cm³/mol. The number of aliphatic hydroxyl groups is 3. The molecule has 123 heavy (non-hydrogen) atoms. The van der Waals surface area contributed by atoms with E-state index in [0.29, 0.717) is 11.3 Å². The molecule has 0 spiro atoms. The molecule has 20 atom stereocenters. The number of aromatic nitrogens is 14. The van der Waals surface area contributed by atoms with Crippen LogP contribution in [0.1, 0.15) is 135 Å². The van der Waals surface area contributed by atoms with Crippen molar-refractivity contribution in [3.63, 3.8) is 0 Å². The Morgan fingerprint density at radius 3 is 1.38 bits per heavy atom. The van der Waals surface area contributed by atoms with Gasteiger partial charge >= 0.3 is 72.6 Å². The molecule has 0 amide bonds. The molecule has 38 nitrogen and oxygen atoms in total. The molecule has 4 bridgehead atoms. The Morgan fingerprint density at radius 1 is 0.545 bits per heavy atom. The normalized spacial score (nSPS) is 31.8. The fraction of sp³-hybridized carbons (Fsp3) is 0.694. The topological polar surface area (TPSA) is 440 Å². The average Bonchev–Trinajstić information content (AvgIpc) is 1.60. The molecule has 14 heterocycles. The van der Waals surface area contributed by atoms with E-state index in [1.54, 1.807) is 31.3 Å². The van der Waals surface area contributed by atoms with Gasteiger partial charge in [0.05, 0.1) is 116 Å². The smallest absolute Gasteiger partial charge is 0.780 e. The first-order valence-electron chi connectivity index (χ1n) is 40.8. The quantitative estimate of drug-likeness (QED) is 0.0306. The Balaban J connectivity index is 0.000000205. The summed E-state index contributed by atoms with van der Waals surface area (Å²) in [5.74, 6) is 0. The number of fused-ring (bicyclic) bond motifs is 8. The van der Waals surface area contributed by atoms with Crippen LogP contribution >= 0.6 is 39.2 Å². The van der Waals surface area contributed by atoms with Gasteiger partial charge in [0.1, 0.15) is 111 Å². The monoisotopic (exact) mass is 1910 g/mol. The Labute approximate surface area is 775 Å². The molecule has 0 aromatic carbocycles. The second-order valence-corrected chi connectivity index (χ2v) is 47.9. The SMILES string of the molecule is CC(C)(C)[Si](C)(C)O[C@H]1[C@H]2OP(=O)(S)OC[C@H]3O[C@@H](n4cc5c6c(ncnc64)CCCC5)[C@@H](F)[C@@H]3OP([O-])(=S)OC[C@H]1O[C@H]2n1cnc2c(=O)n(CCO)cnc21.CC[NH+](CC)CC.CC[NH+](CC)CC.O=c1c2ncn([C@@H]3O[C@@H]4COP([O-])(=S)O[C@H]5[C@H](F)[C@H](n6cc7c8c(ncnc86)CCCC7)O[C@@H]5COP(O)(=S)O[C@@H]3[C@@H]4O)c2ncn1CCO.[Na+].[Na+]. The number of ether oxygens (including phenoxy) is 4. The summed E-state index contributed by atoms with van der Waals surface area (Å²) < 4.78 is 134. The maximum Gasteiger partial charge on any atom is 1.00 e. The fourth-order valence-electron chi connectivity index (χ4n) is 15.9. The second-order valence-electron chi connectivity index (χ2n) is 32.1. The number of aliphatic hydroxyl groups excluding tert-OH is 3. The van der Waals surface area contributed by atoms with Crippen LogP contribution < -0.4 is 89.8 Å². The largest absolute Gasteiger partial charge is 1.00 e. The second kappa shape index (κ2) is 42.7. The molecule has 2 aliphatic carbocycles. The third kappa shape index (κ3) is 22.5. The van der Waals surface area contributed by atoms with Crippen molar-refractivity contribution < 1.29 is 172 Å². The van der Waals surface area contributed by atoms with Crippen LogP contribution in [0.15, 0.2) is 59.9 Å². The van der Waals surface area contributed by atoms with Crippen molar-refractivity contribution in [2.24, 2.45) is 0 Å². The van der Waals surface area contributed by atoms with Gasteiger partial charge in [0.2, 0.25) is 0 Å². The van der Waals surface area contributed by atoms with Crippen LogP contribution in [-0.2, 0) is 138 Å². The van der Waals surface area contributed by atoms with E-state index in [9.17, 15) is 44.2 Å². The van der Waals surface area contributed by atoms with E-state index in [0.717, 1.165) is 84.7 Å². The predicted octanol–water partition coefficient (Wildman–Crippen LogP) is -2.24. The van der Waals surface area contributed by atoms with Gasteiger partial charge in [0.15, 0.2) is 67.9 Å². The zero-order valence-corrected chi connectivity index (χ0v) is 82.9. The van der Waals surface area contributed by atoms with Crippen molar-refractivity contribution in [2.75, 3.05) is 78.9 Å². The summed E-state index contributed by atoms with van der Waals surface area (Å²) in [6.45, 7) is 10.4. The van der Waals surface area contributed by atoms with Crippen LogP contribution in [0.25, 0.3) is 44.4 Å². The van der Waals surface area contributed by atoms with E-state index in [1.165, 1.54) is 95.5 Å². The Morgan fingerprint density at radius 2 is 0.951 bits per heavy atom. The maximum absolute atomic E-state index is 16.7. The van der Waals surface area contributed by atoms with Crippen molar-refractivity contribution in [1.82, 2.24) is 67.3 Å². The van der Waals surface area contributed by atoms with Crippen molar-refractivity contribution in [3.8, 4) is 0 Å². The number of thiol groups is 1. The van der Waals surface area contributed by atoms with Crippen LogP contribution in [0.2, 0.25) is 18.1 Å². The van der Waals surface area contributed by atoms with Crippen molar-refractivity contribution >= 4 is 127 Å². The molecule has 4 unspecified atom stereocenters. The number of nitrogens with zero attached hydrogens (tertiary/aromatic N) is 14. The molecule has 0 radical (unpaired) electrons. The van der Waals surface area contributed by atoms with Crippen molar-refractivity contribution in [3.05, 3.63) is 93.6 Å². The molecule has 0 saturated carbocycles. The summed E-state index contributed by atoms with van der Waals surface area (Å²) in [4.78, 5) is 103. The number of rotatable bonds is 16. The molecule has 51 heteroatoms. The third-order valence-corrected chi connectivity index (χ3v) is 34.3. The van der Waals surface area contributed by atoms with Gasteiger partial charge in [-0.1, -0.05) is 56.6 Å². The van der Waals surface area contributed by atoms with Gasteiger partial charge in [-0.3, -0.25) is 41.4 Å². The number of quaternary nitrogens is 2. The van der Waals surface area contributed by atoms with Crippen molar-refractivity contribution in [1.29, 1.82) is 0 Å². The fourth-order valence-corrected chi connectivity index (χ4v) is 22.9. The Kier molecular flexibility index (Phi) is 35.2. The van der Waals surface area contributed by atoms with E-state index in [1.807, 2.05) is 33.9 Å². The summed E-state index contributed by atoms with van der Waals surface area (Å²) in [6, 6.07) is 0. The summed E-state index contributed by atoms with van der Waals surface area (Å²) in [6.07, 6.45) is -4.51. The zero-order valence-electron chi connectivity index (χ0n) is 71.0. The zero-order chi connectivity index (χ0) is 87.0. The summed E-state index contributed by atoms with van der Waals surface area (Å²) >= 11 is 20.2. The van der Waals surface area contributed by atoms with Gasteiger partial charge < -0.3 is 94.9 Å². The molecular formula is C72H108F2N16Na2O22P4S4Si+2. The van der Waals surface area contributed by atoms with E-state index >= 15 is 8.78 Å². The van der Waals surface area contributed by atoms with E-state index in [2.05, 4.69) is 93.7 Å². The summed E-state index contributed by atoms with van der Waals surface area (Å²) in [7, 11) is -2.70. The molecule has 16 rings (SSSR count). The Hall–Kier alpha value is -2.29. The molecule has 8 aliphatic rings. The van der Waals surface area contributed by atoms with E-state index in [4.69, 9.17) is 95.0 Å². The van der Waals surface area contributed by atoms with Gasteiger partial charge in [-0.05, 0) is 134 Å². The minimum atomic E-state index is -4.52. The first kappa shape index (κ1) is 101. The molecular weight excluding hydrogens is 1810 g/mol. The maximum atomic E-state index is 16.7. The van der Waals surface area contributed by atoms with Crippen LogP contribution in [0, 0.1) is 0 Å². The van der Waals surface area contributed by atoms with Crippen LogP contribution in [0.4, 0.5) is 8.78 Å². The molecule has 6 N–H and O–H groups in total. The number of hydrogen-bond donors (Lipinski definition) is 7. The van der Waals surface area contributed by atoms with Crippen LogP contribution in [0.3, 0.4) is 0 Å². The standard InChI is InChI=1S/C33H46FN7O11P2S2Si.C27H32FN7O11P2S2.2C6H15N.2Na/c1-33(2,3)57(4,5)52-26-21-14-47-53(44,55)50-25-20(48-31(23(25)34)40-12-18-8-6-7-9-19-22(18)28(40)36-15-35-19)13-46-54(45,56)51-27(26)32(49-21)41-17-37-24-29(41)38-16-39(10-11-42)30(24)43;28-18-21-16(44-26(18)34-7-13-3-1-2-4-14-17(13)23(34)30-10-29-14)9-42-48(40,50)46-22-20(37)15(8-41-47(39,49)45-21)43-27(22)35-12-31-19-24(35)32-11-33(5-6-36)25(19)38;2*1-4-7(5-2)6-3;;/h12,15-17,20-21,23,25-27,31-32,42H,6-11,13-14H2,1-5H3,(H,44,55)(H,45,56);7,10-12,15-16,18,20-22,26-27,36-37H,1-6,8-9H2,(H,39,49)(H,40,50);2*4-6H2,1-3H3;;/q;;;;2*+1/t20-,21-,23+,25-,26-,27-,31-,32-,53?,54?;15-,16-,18+,20-,21-,22-,26-,27-,47?,48?;;;;/m11..../s1. The summed E-state index contributed by atoms with van der Waals surface area (Å²) in [5.41, 5.74) is 3.53. The number of hydrogen-bond acceptors (Lipinski definition) is 32. The number of aryl methyl sites for hydroxylation is 4. The van der Waals surface area contributed by atoms with Crippen molar-refractivity contribution in [2.45, 2.75) is 243 Å². The Bertz CT molecular complexity index is 5270. The minimum absolute atomic E-state index is 0. The van der Waals surface area contributed by atoms with Gasteiger partial charge in [0.25, 0.3) is 11.1 Å². The number of halogens is 2. The average molecular weight is 1910 g/mol. The molecule has 8 aromatic heterocycles. The number of nitrogens with one attached hydrogen (secondary N) is 2. The van der Waals surface area contributed by atoms with Gasteiger partial charge in [-0.25, -0.2) is 53.2 Å². The van der Waals surface area contributed by atoms with Gasteiger partial charge in [-0.2, -0.15) is 0 Å². The van der Waals surface area contributed by atoms with E-state index < -0.39 is 171 Å². The first-order chi connectivity index (χ1) is 57.5. The summed E-state index contributed by atoms with van der Waals surface area (Å²) in [5, 5.41) is 31.3. The van der Waals surface area contributed by atoms with Gasteiger partial charge in [-0.15, -0.1) is 0 Å². The minimum Gasteiger partial charge on any atom is -0.780 e. The third-order valence-electron chi connectivity index (χ3n) is 23.6. The number of imidazole rings is 2. The molecule has 670 valence electrons. The van der Waals surface area contributed by atoms with Crippen LogP contribution in [0.5, 0.6) is 0 Å². The molecule has 8 aromatic rings. The van der Waals surface area contributed by atoms with E-state index in [-0.39, 0.29) is 113 Å². The molecule has 6 saturated heterocycles. The molecule has 6 fully saturated rings. The first-order valence-corrected chi connectivity index (χ1v) is 54.1. The van der Waals surface area contributed by atoms with Crippen LogP contribution in [-0.4, -0.2) is 248 Å². The van der Waals surface area contributed by atoms with Gasteiger partial charge in [0, 0.05) is 23.2 Å².